The molecule has 0 unspecified atom stereocenters. The summed E-state index contributed by atoms with van der Waals surface area (Å²) in [6.07, 6.45) is 4.29. The standard InChI is InChI=1S/C18H19N3O4/c1-24-18(7-8-18)17(20-15(22)13-5-3-2-4-6-13)10-21(11-17)16(23)14-9-25-12-19-14/h2-6,9,12H,7-8,10-11H2,1H3,(H,20,22). The van der Waals surface area contributed by atoms with Crippen molar-refractivity contribution in [3.05, 3.63) is 54.2 Å². The zero-order valence-electron chi connectivity index (χ0n) is 13.9. The van der Waals surface area contributed by atoms with Gasteiger partial charge in [-0.1, -0.05) is 18.2 Å². The maximum absolute atomic E-state index is 12.7. The van der Waals surface area contributed by atoms with Crippen LogP contribution in [0.2, 0.25) is 0 Å². The van der Waals surface area contributed by atoms with Crippen LogP contribution in [-0.2, 0) is 4.74 Å². The molecule has 2 aromatic rings. The third-order valence-electron chi connectivity index (χ3n) is 5.22. The van der Waals surface area contributed by atoms with Gasteiger partial charge < -0.3 is 19.4 Å². The number of hydrogen-bond acceptors (Lipinski definition) is 5. The van der Waals surface area contributed by atoms with Gasteiger partial charge in [0.1, 0.15) is 11.8 Å². The molecule has 7 nitrogen and oxygen atoms in total. The molecule has 2 fully saturated rings. The number of hydrogen-bond donors (Lipinski definition) is 1. The highest BCUT2D eigenvalue weighted by Gasteiger charge is 2.66. The Bertz CT molecular complexity index is 778. The minimum atomic E-state index is -0.575. The number of oxazole rings is 1. The normalized spacial score (nSPS) is 19.8. The molecule has 1 aliphatic carbocycles. The summed E-state index contributed by atoms with van der Waals surface area (Å²) in [5, 5.41) is 3.13. The molecule has 0 radical (unpaired) electrons. The number of ether oxygens (including phenoxy) is 1. The Morgan fingerprint density at radius 1 is 1.24 bits per heavy atom. The summed E-state index contributed by atoms with van der Waals surface area (Å²) in [6, 6.07) is 9.06. The van der Waals surface area contributed by atoms with Gasteiger partial charge in [0, 0.05) is 25.8 Å². The average Bonchev–Trinajstić information content (AvgIpc) is 3.22. The third kappa shape index (κ3) is 2.51. The lowest BCUT2D eigenvalue weighted by molar-refractivity contribution is -0.0710. The summed E-state index contributed by atoms with van der Waals surface area (Å²) in [5.41, 5.74) is -0.119. The van der Waals surface area contributed by atoms with Crippen LogP contribution in [0.15, 0.2) is 47.4 Å². The van der Waals surface area contributed by atoms with Crippen molar-refractivity contribution in [3.63, 3.8) is 0 Å². The minimum Gasteiger partial charge on any atom is -0.451 e. The number of likely N-dealkylation sites (tertiary alicyclic amines) is 1. The molecule has 0 atom stereocenters. The summed E-state index contributed by atoms with van der Waals surface area (Å²) in [4.78, 5) is 30.6. The molecule has 4 rings (SSSR count). The molecule has 0 spiro atoms. The fraction of sp³-hybridized carbons (Fsp3) is 0.389. The lowest BCUT2D eigenvalue weighted by Crippen LogP contribution is -2.77. The van der Waals surface area contributed by atoms with E-state index in [0.29, 0.717) is 18.7 Å². The first-order chi connectivity index (χ1) is 12.1. The molecule has 1 N–H and O–H groups in total. The first-order valence-electron chi connectivity index (χ1n) is 8.19. The lowest BCUT2D eigenvalue weighted by Gasteiger charge is -2.54. The van der Waals surface area contributed by atoms with Gasteiger partial charge >= 0.3 is 0 Å². The van der Waals surface area contributed by atoms with Crippen LogP contribution in [0, 0.1) is 0 Å². The minimum absolute atomic E-state index is 0.155. The Kier molecular flexibility index (Phi) is 3.61. The molecule has 130 valence electrons. The molecule has 7 heteroatoms. The molecule has 1 aromatic carbocycles. The number of benzene rings is 1. The van der Waals surface area contributed by atoms with E-state index in [4.69, 9.17) is 9.15 Å². The van der Waals surface area contributed by atoms with Crippen LogP contribution in [0.3, 0.4) is 0 Å². The molecule has 1 aliphatic heterocycles. The monoisotopic (exact) mass is 341 g/mol. The van der Waals surface area contributed by atoms with Gasteiger partial charge in [0.05, 0.1) is 5.60 Å². The van der Waals surface area contributed by atoms with E-state index in [-0.39, 0.29) is 17.5 Å². The summed E-state index contributed by atoms with van der Waals surface area (Å²) < 4.78 is 10.6. The zero-order chi connectivity index (χ0) is 17.5. The van der Waals surface area contributed by atoms with Crippen molar-refractivity contribution in [3.8, 4) is 0 Å². The van der Waals surface area contributed by atoms with Crippen molar-refractivity contribution >= 4 is 11.8 Å². The van der Waals surface area contributed by atoms with E-state index in [1.54, 1.807) is 24.1 Å². The summed E-state index contributed by atoms with van der Waals surface area (Å²) in [6.45, 7) is 0.788. The number of nitrogens with zero attached hydrogens (tertiary/aromatic N) is 2. The van der Waals surface area contributed by atoms with Crippen LogP contribution in [0.4, 0.5) is 0 Å². The molecular formula is C18H19N3O4. The SMILES string of the molecule is COC1(C2(NC(=O)c3ccccc3)CN(C(=O)c3cocn3)C2)CC1. The number of carbonyl (C=O) groups is 2. The maximum atomic E-state index is 12.7. The second-order valence-corrected chi connectivity index (χ2v) is 6.64. The number of aromatic nitrogens is 1. The van der Waals surface area contributed by atoms with E-state index in [9.17, 15) is 9.59 Å². The fourth-order valence-corrected chi connectivity index (χ4v) is 3.58. The van der Waals surface area contributed by atoms with Crippen LogP contribution in [-0.4, -0.2) is 53.0 Å². The van der Waals surface area contributed by atoms with E-state index in [1.165, 1.54) is 12.7 Å². The van der Waals surface area contributed by atoms with Crippen molar-refractivity contribution in [1.82, 2.24) is 15.2 Å². The highest BCUT2D eigenvalue weighted by atomic mass is 16.5. The summed E-state index contributed by atoms with van der Waals surface area (Å²) in [5.74, 6) is -0.359. The predicted octanol–water partition coefficient (Wildman–Crippen LogP) is 1.48. The van der Waals surface area contributed by atoms with Gasteiger partial charge in [-0.3, -0.25) is 9.59 Å². The Hall–Kier alpha value is -2.67. The van der Waals surface area contributed by atoms with E-state index < -0.39 is 11.1 Å². The highest BCUT2D eigenvalue weighted by Crippen LogP contribution is 2.51. The van der Waals surface area contributed by atoms with E-state index in [2.05, 4.69) is 10.3 Å². The number of carbonyl (C=O) groups excluding carboxylic acids is 2. The Balaban J connectivity index is 1.53. The van der Waals surface area contributed by atoms with Crippen LogP contribution in [0.5, 0.6) is 0 Å². The molecule has 1 aromatic heterocycles. The molecular weight excluding hydrogens is 322 g/mol. The Morgan fingerprint density at radius 3 is 2.52 bits per heavy atom. The first-order valence-corrected chi connectivity index (χ1v) is 8.19. The van der Waals surface area contributed by atoms with Gasteiger partial charge in [0.15, 0.2) is 12.1 Å². The number of amides is 2. The maximum Gasteiger partial charge on any atom is 0.275 e. The fourth-order valence-electron chi connectivity index (χ4n) is 3.58. The van der Waals surface area contributed by atoms with Gasteiger partial charge in [-0.05, 0) is 25.0 Å². The number of rotatable bonds is 5. The summed E-state index contributed by atoms with van der Waals surface area (Å²) in [7, 11) is 1.66. The van der Waals surface area contributed by atoms with Gasteiger partial charge in [-0.25, -0.2) is 4.98 Å². The van der Waals surface area contributed by atoms with E-state index in [1.807, 2.05) is 18.2 Å². The predicted molar refractivity (Wildman–Crippen MR) is 88.0 cm³/mol. The molecule has 1 saturated heterocycles. The first kappa shape index (κ1) is 15.8. The smallest absolute Gasteiger partial charge is 0.275 e. The molecule has 2 heterocycles. The summed E-state index contributed by atoms with van der Waals surface area (Å²) >= 11 is 0. The molecule has 2 amide bonds. The van der Waals surface area contributed by atoms with Crippen molar-refractivity contribution in [2.24, 2.45) is 0 Å². The zero-order valence-corrected chi connectivity index (χ0v) is 13.9. The number of methoxy groups -OCH3 is 1. The quantitative estimate of drug-likeness (QED) is 0.890. The molecule has 2 aliphatic rings. The van der Waals surface area contributed by atoms with Gasteiger partial charge in [0.2, 0.25) is 0 Å². The highest BCUT2D eigenvalue weighted by molar-refractivity contribution is 5.96. The van der Waals surface area contributed by atoms with E-state index >= 15 is 0 Å². The van der Waals surface area contributed by atoms with Crippen LogP contribution in [0.1, 0.15) is 33.7 Å². The molecule has 0 bridgehead atoms. The van der Waals surface area contributed by atoms with Crippen molar-refractivity contribution in [1.29, 1.82) is 0 Å². The van der Waals surface area contributed by atoms with Crippen LogP contribution < -0.4 is 5.32 Å². The Morgan fingerprint density at radius 2 is 1.96 bits per heavy atom. The topological polar surface area (TPSA) is 84.7 Å². The van der Waals surface area contributed by atoms with E-state index in [0.717, 1.165) is 12.8 Å². The van der Waals surface area contributed by atoms with Gasteiger partial charge in [0.25, 0.3) is 11.8 Å². The third-order valence-corrected chi connectivity index (χ3v) is 5.22. The Labute approximate surface area is 145 Å². The van der Waals surface area contributed by atoms with Crippen LogP contribution in [0.25, 0.3) is 0 Å². The van der Waals surface area contributed by atoms with Gasteiger partial charge in [-0.15, -0.1) is 0 Å². The largest absolute Gasteiger partial charge is 0.451 e. The molecule has 25 heavy (non-hydrogen) atoms. The van der Waals surface area contributed by atoms with Crippen molar-refractivity contribution in [2.45, 2.75) is 24.0 Å². The second-order valence-electron chi connectivity index (χ2n) is 6.64. The van der Waals surface area contributed by atoms with Crippen molar-refractivity contribution < 1.29 is 18.7 Å². The second kappa shape index (κ2) is 5.70. The molecule has 1 saturated carbocycles. The average molecular weight is 341 g/mol. The van der Waals surface area contributed by atoms with Gasteiger partial charge in [-0.2, -0.15) is 0 Å². The lowest BCUT2D eigenvalue weighted by atomic mass is 9.80. The number of nitrogens with one attached hydrogen (secondary N) is 1. The van der Waals surface area contributed by atoms with Crippen LogP contribution >= 0.6 is 0 Å². The van der Waals surface area contributed by atoms with Crippen molar-refractivity contribution in [2.75, 3.05) is 20.2 Å².